The molecule has 1 rings (SSSR count). The molecule has 0 atom stereocenters. The van der Waals surface area contributed by atoms with E-state index < -0.39 is 62.0 Å². The highest BCUT2D eigenvalue weighted by Gasteiger charge is 2.35. The molecule has 2 N–H and O–H groups in total. The fraction of sp³-hybridized carbons (Fsp3) is 0.412. The molecule has 0 radical (unpaired) electrons. The van der Waals surface area contributed by atoms with Gasteiger partial charge in [0.25, 0.3) is 0 Å². The third-order valence-electron chi connectivity index (χ3n) is 3.28. The highest BCUT2D eigenvalue weighted by Crippen LogP contribution is 2.35. The van der Waals surface area contributed by atoms with Crippen LogP contribution in [0.3, 0.4) is 0 Å². The van der Waals surface area contributed by atoms with Gasteiger partial charge in [0.2, 0.25) is 5.82 Å². The summed E-state index contributed by atoms with van der Waals surface area (Å²) in [5, 5.41) is 25.3. The molecular weight excluding hydrogens is 383 g/mol. The molecule has 154 valence electrons. The van der Waals surface area contributed by atoms with Crippen LogP contribution in [0.15, 0.2) is 10.7 Å². The highest BCUT2D eigenvalue weighted by atomic mass is 19.2. The SMILES string of the molecule is CCOC(=O)C(C=NNC(C)(C)C)=C(O)c1c(F)c(C)c(F)c(F)c1[N+](=O)[O-]. The Morgan fingerprint density at radius 3 is 2.32 bits per heavy atom. The van der Waals surface area contributed by atoms with Crippen LogP contribution in [0.4, 0.5) is 18.9 Å². The number of rotatable bonds is 6. The number of hydrogen-bond donors (Lipinski definition) is 2. The first-order valence-electron chi connectivity index (χ1n) is 8.05. The van der Waals surface area contributed by atoms with Crippen molar-refractivity contribution in [3.63, 3.8) is 0 Å². The first-order valence-corrected chi connectivity index (χ1v) is 8.05. The van der Waals surface area contributed by atoms with E-state index in [1.165, 1.54) is 6.92 Å². The number of nitrogens with zero attached hydrogens (tertiary/aromatic N) is 2. The molecule has 0 amide bonds. The monoisotopic (exact) mass is 403 g/mol. The van der Waals surface area contributed by atoms with Gasteiger partial charge in [-0.3, -0.25) is 10.1 Å². The number of carbonyl (C=O) groups excluding carboxylic acids is 1. The Labute approximate surface area is 158 Å². The molecule has 0 aliphatic carbocycles. The zero-order valence-corrected chi connectivity index (χ0v) is 15.9. The summed E-state index contributed by atoms with van der Waals surface area (Å²) in [5.41, 5.74) is -2.59. The number of benzene rings is 1. The van der Waals surface area contributed by atoms with Gasteiger partial charge in [0, 0.05) is 11.1 Å². The van der Waals surface area contributed by atoms with Gasteiger partial charge in [-0.05, 0) is 34.6 Å². The number of aliphatic hydroxyl groups excluding tert-OH is 1. The average molecular weight is 403 g/mol. The Balaban J connectivity index is 3.81. The van der Waals surface area contributed by atoms with Crippen LogP contribution in [0.2, 0.25) is 0 Å². The number of hydrogen-bond acceptors (Lipinski definition) is 7. The Morgan fingerprint density at radius 2 is 1.86 bits per heavy atom. The first kappa shape index (κ1) is 22.9. The van der Waals surface area contributed by atoms with Crippen LogP contribution >= 0.6 is 0 Å². The molecule has 0 heterocycles. The summed E-state index contributed by atoms with van der Waals surface area (Å²) in [6.07, 6.45) is 0.748. The van der Waals surface area contributed by atoms with E-state index in [1.807, 2.05) is 0 Å². The highest BCUT2D eigenvalue weighted by molar-refractivity contribution is 6.15. The van der Waals surface area contributed by atoms with Crippen molar-refractivity contribution in [2.75, 3.05) is 6.61 Å². The van der Waals surface area contributed by atoms with Crippen molar-refractivity contribution in [3.05, 3.63) is 44.3 Å². The normalized spacial score (nSPS) is 12.7. The van der Waals surface area contributed by atoms with Crippen molar-refractivity contribution in [2.24, 2.45) is 5.10 Å². The summed E-state index contributed by atoms with van der Waals surface area (Å²) in [6.45, 7) is 7.30. The minimum Gasteiger partial charge on any atom is -0.506 e. The summed E-state index contributed by atoms with van der Waals surface area (Å²) < 4.78 is 47.0. The van der Waals surface area contributed by atoms with Gasteiger partial charge in [0.15, 0.2) is 5.82 Å². The summed E-state index contributed by atoms with van der Waals surface area (Å²) in [6, 6.07) is 0. The number of nitrogens with one attached hydrogen (secondary N) is 1. The van der Waals surface area contributed by atoms with E-state index in [0.717, 1.165) is 13.1 Å². The molecule has 0 aliphatic rings. The summed E-state index contributed by atoms with van der Waals surface area (Å²) >= 11 is 0. The fourth-order valence-corrected chi connectivity index (χ4v) is 2.00. The Hall–Kier alpha value is -3.11. The minimum absolute atomic E-state index is 0.141. The third kappa shape index (κ3) is 4.99. The lowest BCUT2D eigenvalue weighted by Gasteiger charge is -2.17. The zero-order chi connectivity index (χ0) is 21.8. The number of carbonyl (C=O) groups is 1. The van der Waals surface area contributed by atoms with Crippen molar-refractivity contribution >= 4 is 23.6 Å². The van der Waals surface area contributed by atoms with Crippen LogP contribution < -0.4 is 5.43 Å². The molecule has 1 aromatic rings. The maximum absolute atomic E-state index is 14.5. The zero-order valence-electron chi connectivity index (χ0n) is 15.9. The number of esters is 1. The summed E-state index contributed by atoms with van der Waals surface area (Å²) in [7, 11) is 0. The van der Waals surface area contributed by atoms with Gasteiger partial charge in [0.1, 0.15) is 22.7 Å². The van der Waals surface area contributed by atoms with Crippen LogP contribution in [-0.2, 0) is 9.53 Å². The van der Waals surface area contributed by atoms with E-state index in [9.17, 15) is 33.2 Å². The maximum Gasteiger partial charge on any atom is 0.343 e. The maximum atomic E-state index is 14.5. The molecule has 8 nitrogen and oxygen atoms in total. The van der Waals surface area contributed by atoms with Crippen LogP contribution in [-0.4, -0.2) is 34.4 Å². The van der Waals surface area contributed by atoms with Crippen molar-refractivity contribution in [1.29, 1.82) is 0 Å². The van der Waals surface area contributed by atoms with E-state index in [0.29, 0.717) is 0 Å². The molecule has 0 saturated heterocycles. The van der Waals surface area contributed by atoms with Gasteiger partial charge < -0.3 is 15.3 Å². The predicted octanol–water partition coefficient (Wildman–Crippen LogP) is 3.53. The van der Waals surface area contributed by atoms with Gasteiger partial charge >= 0.3 is 11.7 Å². The Bertz CT molecular complexity index is 861. The second kappa shape index (κ2) is 8.72. The molecule has 0 saturated carbocycles. The lowest BCUT2D eigenvalue weighted by atomic mass is 10.0. The van der Waals surface area contributed by atoms with Gasteiger partial charge in [-0.1, -0.05) is 0 Å². The second-order valence-corrected chi connectivity index (χ2v) is 6.65. The molecule has 0 aromatic heterocycles. The summed E-state index contributed by atoms with van der Waals surface area (Å²) in [4.78, 5) is 21.9. The van der Waals surface area contributed by atoms with Crippen LogP contribution in [0, 0.1) is 34.5 Å². The lowest BCUT2D eigenvalue weighted by Crippen LogP contribution is -2.31. The molecule has 0 aliphatic heterocycles. The molecule has 0 fully saturated rings. The van der Waals surface area contributed by atoms with Crippen molar-refractivity contribution in [2.45, 2.75) is 40.2 Å². The number of ether oxygens (including phenoxy) is 1. The van der Waals surface area contributed by atoms with Gasteiger partial charge in [-0.15, -0.1) is 0 Å². The fourth-order valence-electron chi connectivity index (χ4n) is 2.00. The number of hydrazone groups is 1. The molecule has 0 unspecified atom stereocenters. The number of nitro groups is 1. The number of aliphatic hydroxyl groups is 1. The lowest BCUT2D eigenvalue weighted by molar-refractivity contribution is -0.388. The number of halogens is 3. The second-order valence-electron chi connectivity index (χ2n) is 6.65. The average Bonchev–Trinajstić information content (AvgIpc) is 2.58. The van der Waals surface area contributed by atoms with E-state index in [1.54, 1.807) is 20.8 Å². The van der Waals surface area contributed by atoms with E-state index >= 15 is 0 Å². The summed E-state index contributed by atoms with van der Waals surface area (Å²) in [5.74, 6) is -7.86. The van der Waals surface area contributed by atoms with Gasteiger partial charge in [-0.2, -0.15) is 9.49 Å². The standard InChI is InChI=1S/C17H20F3N3O5/c1-6-28-16(25)9(7-21-22-17(3,4)5)15(24)10-11(18)8(2)12(19)13(20)14(10)23(26)27/h7,22,24H,6H2,1-5H3. The van der Waals surface area contributed by atoms with Crippen LogP contribution in [0.5, 0.6) is 0 Å². The van der Waals surface area contributed by atoms with Crippen LogP contribution in [0.1, 0.15) is 38.8 Å². The Morgan fingerprint density at radius 1 is 1.29 bits per heavy atom. The first-order chi connectivity index (χ1) is 12.8. The van der Waals surface area contributed by atoms with E-state index in [4.69, 9.17) is 4.74 Å². The predicted molar refractivity (Wildman–Crippen MR) is 95.3 cm³/mol. The quantitative estimate of drug-likeness (QED) is 0.143. The smallest absolute Gasteiger partial charge is 0.343 e. The Kier molecular flexibility index (Phi) is 7.14. The molecule has 0 spiro atoms. The molecular formula is C17H20F3N3O5. The van der Waals surface area contributed by atoms with Crippen molar-refractivity contribution < 1.29 is 32.7 Å². The minimum atomic E-state index is -1.97. The van der Waals surface area contributed by atoms with Crippen molar-refractivity contribution in [3.8, 4) is 0 Å². The molecule has 28 heavy (non-hydrogen) atoms. The van der Waals surface area contributed by atoms with E-state index in [-0.39, 0.29) is 6.61 Å². The third-order valence-corrected chi connectivity index (χ3v) is 3.28. The van der Waals surface area contributed by atoms with Crippen molar-refractivity contribution in [1.82, 2.24) is 5.43 Å². The molecule has 1 aromatic carbocycles. The van der Waals surface area contributed by atoms with Crippen LogP contribution in [0.25, 0.3) is 5.76 Å². The topological polar surface area (TPSA) is 114 Å². The van der Waals surface area contributed by atoms with Gasteiger partial charge in [0.05, 0.1) is 17.7 Å². The largest absolute Gasteiger partial charge is 0.506 e. The molecule has 0 bridgehead atoms. The number of nitro benzene ring substituents is 1. The molecule has 11 heteroatoms. The van der Waals surface area contributed by atoms with E-state index in [2.05, 4.69) is 10.5 Å². The van der Waals surface area contributed by atoms with Gasteiger partial charge in [-0.25, -0.2) is 13.6 Å².